The fraction of sp³-hybridized carbons (Fsp3) is 0.350. The normalized spacial score (nSPS) is 11.4. The number of nitrogens with zero attached hydrogens (tertiary/aromatic N) is 5. The number of carbonyl (C=O) groups excluding carboxylic acids is 1. The summed E-state index contributed by atoms with van der Waals surface area (Å²) in [5, 5.41) is 22.3. The monoisotopic (exact) mass is 447 g/mol. The van der Waals surface area contributed by atoms with Crippen molar-refractivity contribution in [2.24, 2.45) is 7.05 Å². The number of aromatic nitrogens is 4. The van der Waals surface area contributed by atoms with Crippen LogP contribution in [-0.2, 0) is 18.0 Å². The van der Waals surface area contributed by atoms with Crippen molar-refractivity contribution in [3.05, 3.63) is 35.5 Å². The molecule has 0 saturated heterocycles. The predicted molar refractivity (Wildman–Crippen MR) is 109 cm³/mol. The van der Waals surface area contributed by atoms with Crippen LogP contribution >= 0.6 is 0 Å². The number of nitrogens with one attached hydrogen (secondary N) is 2. The van der Waals surface area contributed by atoms with E-state index in [4.69, 9.17) is 4.74 Å². The highest BCUT2D eigenvalue weighted by molar-refractivity contribution is 5.83. The number of benzene rings is 1. The van der Waals surface area contributed by atoms with Crippen LogP contribution in [0.15, 0.2) is 24.3 Å². The van der Waals surface area contributed by atoms with E-state index in [0.29, 0.717) is 18.5 Å². The molecule has 9 nitrogen and oxygen atoms in total. The Morgan fingerprint density at radius 1 is 1.31 bits per heavy atom. The zero-order chi connectivity index (χ0) is 23.3. The van der Waals surface area contributed by atoms with E-state index in [-0.39, 0.29) is 47.3 Å². The molecular formula is C20H20F3N7O2. The number of ether oxygens (including phenoxy) is 1. The average molecular weight is 447 g/mol. The lowest BCUT2D eigenvalue weighted by Gasteiger charge is -2.15. The van der Waals surface area contributed by atoms with E-state index in [2.05, 4.69) is 25.9 Å². The third-order valence-electron chi connectivity index (χ3n) is 4.61. The molecule has 32 heavy (non-hydrogen) atoms. The molecular weight excluding hydrogens is 427 g/mol. The van der Waals surface area contributed by atoms with Gasteiger partial charge < -0.3 is 15.4 Å². The number of hydrogen-bond acceptors (Lipinski definition) is 7. The first-order valence-electron chi connectivity index (χ1n) is 9.61. The first-order valence-corrected chi connectivity index (χ1v) is 9.61. The molecule has 0 spiro atoms. The van der Waals surface area contributed by atoms with Crippen molar-refractivity contribution in [1.82, 2.24) is 30.6 Å². The molecule has 2 aromatic heterocycles. The summed E-state index contributed by atoms with van der Waals surface area (Å²) < 4.78 is 47.8. The summed E-state index contributed by atoms with van der Waals surface area (Å²) in [5.74, 6) is -0.495. The largest absolute Gasteiger partial charge is 0.493 e. The summed E-state index contributed by atoms with van der Waals surface area (Å²) in [5.41, 5.74) is 0.150. The summed E-state index contributed by atoms with van der Waals surface area (Å²) in [4.78, 5) is 15.3. The lowest BCUT2D eigenvalue weighted by molar-refractivity contribution is -0.139. The number of amides is 1. The lowest BCUT2D eigenvalue weighted by Crippen LogP contribution is -2.32. The number of rotatable bonds is 8. The number of likely N-dealkylation sites (N-methyl/N-ethyl adjacent to an activating group) is 1. The van der Waals surface area contributed by atoms with Gasteiger partial charge in [0.25, 0.3) is 0 Å². The van der Waals surface area contributed by atoms with Crippen LogP contribution in [0, 0.1) is 11.3 Å². The van der Waals surface area contributed by atoms with E-state index in [0.717, 1.165) is 6.07 Å². The summed E-state index contributed by atoms with van der Waals surface area (Å²) in [6.45, 7) is 0.562. The van der Waals surface area contributed by atoms with Crippen LogP contribution in [-0.4, -0.2) is 52.6 Å². The Morgan fingerprint density at radius 2 is 2.09 bits per heavy atom. The van der Waals surface area contributed by atoms with Crippen molar-refractivity contribution in [2.75, 3.05) is 26.7 Å². The maximum absolute atomic E-state index is 13.7. The second-order valence-electron chi connectivity index (χ2n) is 6.81. The molecule has 0 saturated carbocycles. The highest BCUT2D eigenvalue weighted by atomic mass is 19.4. The number of halogens is 3. The van der Waals surface area contributed by atoms with Gasteiger partial charge in [0, 0.05) is 19.7 Å². The van der Waals surface area contributed by atoms with E-state index in [1.807, 2.05) is 6.07 Å². The second-order valence-corrected chi connectivity index (χ2v) is 6.81. The fourth-order valence-corrected chi connectivity index (χ4v) is 2.96. The molecule has 0 radical (unpaired) electrons. The topological polar surface area (TPSA) is 118 Å². The Hall–Kier alpha value is -3.72. The van der Waals surface area contributed by atoms with Gasteiger partial charge in [0.2, 0.25) is 5.91 Å². The van der Waals surface area contributed by atoms with Crippen LogP contribution < -0.4 is 15.4 Å². The van der Waals surface area contributed by atoms with Crippen molar-refractivity contribution in [1.29, 1.82) is 5.26 Å². The molecule has 1 aromatic carbocycles. The number of carbonyl (C=O) groups is 1. The van der Waals surface area contributed by atoms with Gasteiger partial charge in [-0.15, -0.1) is 5.10 Å². The minimum atomic E-state index is -4.65. The number of nitriles is 1. The fourth-order valence-electron chi connectivity index (χ4n) is 2.96. The molecule has 0 aliphatic rings. The van der Waals surface area contributed by atoms with Crippen molar-refractivity contribution in [3.63, 3.8) is 0 Å². The molecule has 0 aliphatic heterocycles. The van der Waals surface area contributed by atoms with Crippen LogP contribution in [0.1, 0.15) is 17.7 Å². The lowest BCUT2D eigenvalue weighted by atomic mass is 10.1. The molecule has 1 amide bonds. The van der Waals surface area contributed by atoms with Crippen molar-refractivity contribution < 1.29 is 22.7 Å². The molecule has 3 aromatic rings. The summed E-state index contributed by atoms with van der Waals surface area (Å²) in [7, 11) is 3.12. The van der Waals surface area contributed by atoms with Gasteiger partial charge in [0.15, 0.2) is 5.69 Å². The summed E-state index contributed by atoms with van der Waals surface area (Å²) in [6.07, 6.45) is -4.24. The second kappa shape index (κ2) is 9.61. The number of fused-ring (bicyclic) bond motifs is 1. The SMILES string of the molecule is CNC(=O)CNCCCOc1ccc(-c2cc3c(nnn3C)c(C#N)n2)cc1C(F)(F)F. The Morgan fingerprint density at radius 3 is 2.78 bits per heavy atom. The maximum Gasteiger partial charge on any atom is 0.419 e. The van der Waals surface area contributed by atoms with Crippen LogP contribution in [0.5, 0.6) is 5.75 Å². The highest BCUT2D eigenvalue weighted by Crippen LogP contribution is 2.39. The molecule has 168 valence electrons. The molecule has 0 unspecified atom stereocenters. The van der Waals surface area contributed by atoms with Gasteiger partial charge in [-0.2, -0.15) is 18.4 Å². The van der Waals surface area contributed by atoms with Crippen LogP contribution in [0.3, 0.4) is 0 Å². The molecule has 3 rings (SSSR count). The minimum Gasteiger partial charge on any atom is -0.493 e. The molecule has 2 N–H and O–H groups in total. The van der Waals surface area contributed by atoms with Gasteiger partial charge in [-0.3, -0.25) is 4.79 Å². The van der Waals surface area contributed by atoms with E-state index < -0.39 is 11.7 Å². The first-order chi connectivity index (χ1) is 15.2. The maximum atomic E-state index is 13.7. The Bertz CT molecular complexity index is 1170. The van der Waals surface area contributed by atoms with Crippen molar-refractivity contribution in [2.45, 2.75) is 12.6 Å². The molecule has 12 heteroatoms. The van der Waals surface area contributed by atoms with E-state index in [9.17, 15) is 23.2 Å². The quantitative estimate of drug-likeness (QED) is 0.507. The van der Waals surface area contributed by atoms with Crippen LogP contribution in [0.25, 0.3) is 22.3 Å². The average Bonchev–Trinajstić information content (AvgIpc) is 3.15. The minimum absolute atomic E-state index is 0.0243. The van der Waals surface area contributed by atoms with Gasteiger partial charge >= 0.3 is 6.18 Å². The smallest absolute Gasteiger partial charge is 0.419 e. The zero-order valence-corrected chi connectivity index (χ0v) is 17.3. The molecule has 2 heterocycles. The number of hydrogen-bond donors (Lipinski definition) is 2. The highest BCUT2D eigenvalue weighted by Gasteiger charge is 2.35. The van der Waals surface area contributed by atoms with Gasteiger partial charge in [-0.25, -0.2) is 9.67 Å². The predicted octanol–water partition coefficient (Wildman–Crippen LogP) is 2.03. The molecule has 0 aliphatic carbocycles. The van der Waals surface area contributed by atoms with E-state index in [1.165, 1.54) is 29.9 Å². The van der Waals surface area contributed by atoms with Crippen molar-refractivity contribution >= 4 is 16.9 Å². The third-order valence-corrected chi connectivity index (χ3v) is 4.61. The number of aryl methyl sites for hydroxylation is 1. The van der Waals surface area contributed by atoms with Crippen LogP contribution in [0.2, 0.25) is 0 Å². The van der Waals surface area contributed by atoms with Gasteiger partial charge in [0.05, 0.1) is 29.9 Å². The Labute approximate surface area is 181 Å². The van der Waals surface area contributed by atoms with Crippen LogP contribution in [0.4, 0.5) is 13.2 Å². The number of pyridine rings is 1. The third kappa shape index (κ3) is 5.12. The van der Waals surface area contributed by atoms with E-state index in [1.54, 1.807) is 7.05 Å². The molecule has 0 fully saturated rings. The number of alkyl halides is 3. The zero-order valence-electron chi connectivity index (χ0n) is 17.3. The summed E-state index contributed by atoms with van der Waals surface area (Å²) >= 11 is 0. The molecule has 0 bridgehead atoms. The first kappa shape index (κ1) is 23.0. The summed E-state index contributed by atoms with van der Waals surface area (Å²) in [6, 6.07) is 7.06. The van der Waals surface area contributed by atoms with E-state index >= 15 is 0 Å². The standard InChI is InChI=1S/C20H20F3N7O2/c1-25-18(31)11-26-6-3-7-32-17-5-4-12(8-13(17)20(21,22)23)14-9-16-19(15(10-24)27-14)28-29-30(16)2/h4-5,8-9,26H,3,6-7,11H2,1-2H3,(H,25,31). The van der Waals surface area contributed by atoms with Gasteiger partial charge in [-0.1, -0.05) is 5.21 Å². The Balaban J connectivity index is 1.82. The molecule has 0 atom stereocenters. The van der Waals surface area contributed by atoms with Gasteiger partial charge in [0.1, 0.15) is 17.3 Å². The Kier molecular flexibility index (Phi) is 6.89. The van der Waals surface area contributed by atoms with Crippen molar-refractivity contribution in [3.8, 4) is 23.1 Å². The van der Waals surface area contributed by atoms with Gasteiger partial charge in [-0.05, 0) is 37.2 Å².